The first-order valence-electron chi connectivity index (χ1n) is 20.9. The van der Waals surface area contributed by atoms with Gasteiger partial charge >= 0.3 is 0 Å². The molecule has 1 aliphatic rings. The van der Waals surface area contributed by atoms with Gasteiger partial charge in [-0.2, -0.15) is 0 Å². The Hall–Kier alpha value is -0.276. The van der Waals surface area contributed by atoms with E-state index in [1.807, 2.05) is 111 Å². The van der Waals surface area contributed by atoms with E-state index in [0.29, 0.717) is 29.1 Å². The molecule has 1 unspecified atom stereocenters. The quantitative estimate of drug-likeness (QED) is 0.229. The summed E-state index contributed by atoms with van der Waals surface area (Å²) in [7, 11) is 11.2. The summed E-state index contributed by atoms with van der Waals surface area (Å²) in [6.45, 7) is 54.3. The summed E-state index contributed by atoms with van der Waals surface area (Å²) >= 11 is 0. The van der Waals surface area contributed by atoms with E-state index in [2.05, 4.69) is 98.4 Å². The molecule has 1 aromatic rings. The van der Waals surface area contributed by atoms with Gasteiger partial charge in [0, 0.05) is 102 Å². The Balaban J connectivity index is -0.0000000616. The molecule has 0 aromatic heterocycles. The molecule has 1 aliphatic carbocycles. The minimum absolute atomic E-state index is 0. The number of hydrogen-bond acceptors (Lipinski definition) is 3. The zero-order valence-electron chi connectivity index (χ0n) is 41.0. The standard InChI is InChI=1S/C29H52N3.8C2H6.4CH4.CH3.Y/c1-19(2)23-26(30(9)10)24(20(3)4)28(25(21(5)6)27(23)31(11)12)32(13)18-22(7)29(8)16-14-15-17-29;8*1-2;;;;;;/h19-22H,7,14-18H2,1-6,8-13H3;8*1-2H3;4*1H4;1H3;/q-1;;;;;;;;;;;;;-1;. The number of hydrogen-bond donors (Lipinski definition) is 0. The van der Waals surface area contributed by atoms with Crippen molar-refractivity contribution in [2.75, 3.05) is 56.5 Å². The van der Waals surface area contributed by atoms with Crippen LogP contribution in [-0.4, -0.2) is 41.8 Å². The van der Waals surface area contributed by atoms with Gasteiger partial charge in [0.15, 0.2) is 0 Å². The van der Waals surface area contributed by atoms with Crippen molar-refractivity contribution >= 4 is 17.1 Å². The van der Waals surface area contributed by atoms with Crippen LogP contribution in [0.1, 0.15) is 249 Å². The van der Waals surface area contributed by atoms with Crippen LogP contribution in [0.15, 0.2) is 0 Å². The van der Waals surface area contributed by atoms with Crippen LogP contribution < -0.4 is 14.7 Å². The summed E-state index contributed by atoms with van der Waals surface area (Å²) in [5.74, 6) is 1.78. The van der Waals surface area contributed by atoms with Gasteiger partial charge in [0.05, 0.1) is 0 Å². The van der Waals surface area contributed by atoms with Gasteiger partial charge in [-0.15, -0.1) is 5.92 Å². The second-order valence-electron chi connectivity index (χ2n) is 12.0. The molecule has 2 rings (SSSR count). The van der Waals surface area contributed by atoms with Gasteiger partial charge in [-0.25, -0.2) is 0 Å². The van der Waals surface area contributed by atoms with Crippen LogP contribution in [0.2, 0.25) is 0 Å². The minimum atomic E-state index is 0. The Kier molecular flexibility index (Phi) is 95.1. The van der Waals surface area contributed by atoms with Crippen LogP contribution >= 0.6 is 0 Å². The minimum Gasteiger partial charge on any atom is -0.377 e. The van der Waals surface area contributed by atoms with Gasteiger partial charge in [-0.3, -0.25) is 0 Å². The summed E-state index contributed by atoms with van der Waals surface area (Å²) in [5.41, 5.74) is 9.13. The molecule has 1 atom stereocenters. The predicted molar refractivity (Wildman–Crippen MR) is 270 cm³/mol. The summed E-state index contributed by atoms with van der Waals surface area (Å²) in [4.78, 5) is 7.29. The Labute approximate surface area is 378 Å². The van der Waals surface area contributed by atoms with E-state index < -0.39 is 0 Å². The van der Waals surface area contributed by atoms with Gasteiger partial charge in [0.2, 0.25) is 0 Å². The average Bonchev–Trinajstić information content (AvgIpc) is 3.57. The Morgan fingerprint density at radius 2 is 0.685 bits per heavy atom. The Morgan fingerprint density at radius 1 is 0.481 bits per heavy atom. The van der Waals surface area contributed by atoms with Crippen molar-refractivity contribution in [2.45, 2.75) is 232 Å². The molecule has 3 nitrogen and oxygen atoms in total. The fourth-order valence-corrected chi connectivity index (χ4v) is 6.02. The normalized spacial score (nSPS) is 10.9. The smallest absolute Gasteiger partial charge is 0.0475 e. The summed E-state index contributed by atoms with van der Waals surface area (Å²) in [5, 5.41) is 0. The number of anilines is 3. The van der Waals surface area contributed by atoms with Crippen molar-refractivity contribution in [1.82, 2.24) is 0 Å². The zero-order valence-corrected chi connectivity index (χ0v) is 43.8. The fraction of sp³-hybridized carbons (Fsp3) is 0.840. The number of benzene rings is 1. The first-order chi connectivity index (χ1) is 22.7. The van der Waals surface area contributed by atoms with Gasteiger partial charge in [0.1, 0.15) is 0 Å². The molecule has 0 heterocycles. The van der Waals surface area contributed by atoms with E-state index in [0.717, 1.165) is 6.54 Å². The molecule has 4 heteroatoms. The van der Waals surface area contributed by atoms with Crippen molar-refractivity contribution in [3.63, 3.8) is 0 Å². The first kappa shape index (κ1) is 90.1. The van der Waals surface area contributed by atoms with E-state index >= 15 is 0 Å². The molecule has 0 saturated heterocycles. The van der Waals surface area contributed by atoms with Gasteiger partial charge in [0.25, 0.3) is 0 Å². The third-order valence-electron chi connectivity index (χ3n) is 7.76. The van der Waals surface area contributed by atoms with Crippen molar-refractivity contribution in [2.24, 2.45) is 11.3 Å². The Bertz CT molecular complexity index is 736. The van der Waals surface area contributed by atoms with E-state index in [1.54, 1.807) is 0 Å². The molecule has 0 aliphatic heterocycles. The maximum absolute atomic E-state index is 4.70. The summed E-state index contributed by atoms with van der Waals surface area (Å²) in [6, 6.07) is 0. The van der Waals surface area contributed by atoms with E-state index in [1.165, 1.54) is 59.4 Å². The molecule has 0 N–H and O–H groups in total. The monoisotopic (exact) mass is 851 g/mol. The van der Waals surface area contributed by atoms with Crippen molar-refractivity contribution in [1.29, 1.82) is 0 Å². The predicted octanol–water partition coefficient (Wildman–Crippen LogP) is 18.9. The van der Waals surface area contributed by atoms with Crippen LogP contribution in [0, 0.1) is 25.7 Å². The van der Waals surface area contributed by atoms with Crippen LogP contribution in [0.3, 0.4) is 0 Å². The molecular weight excluding hydrogens is 731 g/mol. The maximum Gasteiger partial charge on any atom is 0.0475 e. The SMILES string of the molecule is C.C.C.C.CC.CC.CC.CC.CC.CC.CC.CC.[CH2-]C(CN(C)c1c(C(C)C)c(N(C)C)c(C(C)C)c(N(C)C)c1C(C)C)C1(C)CCCC1.[CH3-].[Y]. The van der Waals surface area contributed by atoms with Crippen molar-refractivity contribution in [3.8, 4) is 0 Å². The van der Waals surface area contributed by atoms with Crippen LogP contribution in [0.5, 0.6) is 0 Å². The second-order valence-corrected chi connectivity index (χ2v) is 12.0. The molecule has 0 spiro atoms. The third-order valence-corrected chi connectivity index (χ3v) is 7.76. The maximum atomic E-state index is 4.70. The third kappa shape index (κ3) is 29.9. The molecule has 339 valence electrons. The fourth-order valence-electron chi connectivity index (χ4n) is 6.02. The molecule has 1 fully saturated rings. The van der Waals surface area contributed by atoms with E-state index in [4.69, 9.17) is 6.92 Å². The van der Waals surface area contributed by atoms with Gasteiger partial charge in [-0.05, 0) is 24.3 Å². The molecule has 0 bridgehead atoms. The van der Waals surface area contributed by atoms with E-state index in [-0.39, 0.29) is 69.8 Å². The van der Waals surface area contributed by atoms with Gasteiger partial charge < -0.3 is 29.1 Å². The molecular formula is C50H119N3Y-2. The van der Waals surface area contributed by atoms with E-state index in [9.17, 15) is 0 Å². The summed E-state index contributed by atoms with van der Waals surface area (Å²) in [6.07, 6.45) is 5.36. The van der Waals surface area contributed by atoms with Crippen LogP contribution in [0.4, 0.5) is 17.1 Å². The topological polar surface area (TPSA) is 9.72 Å². The van der Waals surface area contributed by atoms with Crippen molar-refractivity contribution in [3.05, 3.63) is 31.0 Å². The van der Waals surface area contributed by atoms with Gasteiger partial charge in [-0.1, -0.05) is 220 Å². The summed E-state index contributed by atoms with van der Waals surface area (Å²) < 4.78 is 0. The van der Waals surface area contributed by atoms with Crippen LogP contribution in [0.25, 0.3) is 0 Å². The van der Waals surface area contributed by atoms with Crippen LogP contribution in [-0.2, 0) is 32.7 Å². The number of nitrogens with zero attached hydrogens (tertiary/aromatic N) is 3. The zero-order chi connectivity index (χ0) is 40.5. The first-order valence-corrected chi connectivity index (χ1v) is 20.9. The van der Waals surface area contributed by atoms with Crippen molar-refractivity contribution < 1.29 is 32.7 Å². The Morgan fingerprint density at radius 3 is 0.870 bits per heavy atom. The molecule has 54 heavy (non-hydrogen) atoms. The number of rotatable bonds is 9. The molecule has 1 radical (unpaired) electrons. The second kappa shape index (κ2) is 57.1. The molecule has 0 amide bonds. The molecule has 1 aromatic carbocycles. The average molecular weight is 851 g/mol. The largest absolute Gasteiger partial charge is 0.377 e. The molecule has 1 saturated carbocycles.